The standard InChI is InChI=1S/C17H20FNO/c18-16-4-2-1-3-15(16)7-8-17(20)19-11-9-14(10-12-19)13-5-6-13/h1-4H,5-12H2. The Balaban J connectivity index is 1.50. The summed E-state index contributed by atoms with van der Waals surface area (Å²) in [7, 11) is 0. The first-order valence-electron chi connectivity index (χ1n) is 7.45. The van der Waals surface area contributed by atoms with E-state index in [4.69, 9.17) is 0 Å². The second-order valence-electron chi connectivity index (χ2n) is 5.68. The molecule has 1 aliphatic heterocycles. The van der Waals surface area contributed by atoms with Gasteiger partial charge in [0.1, 0.15) is 5.82 Å². The van der Waals surface area contributed by atoms with Crippen molar-refractivity contribution in [3.63, 3.8) is 0 Å². The third-order valence-electron chi connectivity index (χ3n) is 4.29. The number of carbonyl (C=O) groups excluding carboxylic acids is 1. The molecule has 1 heterocycles. The molecule has 2 aliphatic rings. The predicted molar refractivity (Wildman–Crippen MR) is 76.8 cm³/mol. The van der Waals surface area contributed by atoms with Crippen molar-refractivity contribution < 1.29 is 9.18 Å². The lowest BCUT2D eigenvalue weighted by atomic mass is 10.0. The molecule has 0 spiro atoms. The van der Waals surface area contributed by atoms with Crippen molar-refractivity contribution in [2.75, 3.05) is 13.1 Å². The molecule has 2 fully saturated rings. The third-order valence-corrected chi connectivity index (χ3v) is 4.29. The van der Waals surface area contributed by atoms with E-state index in [0.717, 1.165) is 25.9 Å². The van der Waals surface area contributed by atoms with E-state index < -0.39 is 0 Å². The molecule has 0 N–H and O–H groups in total. The first-order valence-corrected chi connectivity index (χ1v) is 7.45. The second-order valence-corrected chi connectivity index (χ2v) is 5.68. The predicted octanol–water partition coefficient (Wildman–Crippen LogP) is 3.47. The van der Waals surface area contributed by atoms with Gasteiger partial charge in [-0.3, -0.25) is 4.79 Å². The first kappa shape index (κ1) is 13.3. The summed E-state index contributed by atoms with van der Waals surface area (Å²) in [5, 5.41) is 0. The number of hydrogen-bond donors (Lipinski definition) is 0. The van der Waals surface area contributed by atoms with E-state index in [1.165, 1.54) is 18.9 Å². The summed E-state index contributed by atoms with van der Waals surface area (Å²) in [4.78, 5) is 14.1. The quantitative estimate of drug-likeness (QED) is 0.772. The SMILES string of the molecule is O=C(CCc1ccccc1F)N1CCC(=C2CC2)CC1. The van der Waals surface area contributed by atoms with Gasteiger partial charge in [0, 0.05) is 19.5 Å². The Bertz CT molecular complexity index is 534. The summed E-state index contributed by atoms with van der Waals surface area (Å²) in [5.74, 6) is -0.0483. The molecule has 3 rings (SSSR count). The number of nitrogens with zero attached hydrogens (tertiary/aromatic N) is 1. The number of aryl methyl sites for hydroxylation is 1. The maximum atomic E-state index is 13.5. The number of piperidine rings is 1. The van der Waals surface area contributed by atoms with Crippen molar-refractivity contribution in [3.05, 3.63) is 46.8 Å². The van der Waals surface area contributed by atoms with Gasteiger partial charge in [-0.05, 0) is 43.7 Å². The molecule has 0 unspecified atom stereocenters. The summed E-state index contributed by atoms with van der Waals surface area (Å²) in [6.07, 6.45) is 5.54. The molecule has 0 aromatic heterocycles. The second kappa shape index (κ2) is 5.78. The topological polar surface area (TPSA) is 20.3 Å². The van der Waals surface area contributed by atoms with Gasteiger partial charge in [-0.1, -0.05) is 29.3 Å². The average Bonchev–Trinajstić information content (AvgIpc) is 3.31. The molecule has 0 bridgehead atoms. The fourth-order valence-corrected chi connectivity index (χ4v) is 2.90. The summed E-state index contributed by atoms with van der Waals surface area (Å²) in [5.41, 5.74) is 3.85. The van der Waals surface area contributed by atoms with Crippen molar-refractivity contribution in [2.45, 2.75) is 38.5 Å². The van der Waals surface area contributed by atoms with Crippen LogP contribution in [0.15, 0.2) is 35.4 Å². The minimum absolute atomic E-state index is 0.160. The number of halogens is 1. The van der Waals surface area contributed by atoms with Crippen molar-refractivity contribution in [1.29, 1.82) is 0 Å². The van der Waals surface area contributed by atoms with E-state index in [1.807, 2.05) is 11.0 Å². The maximum Gasteiger partial charge on any atom is 0.222 e. The number of benzene rings is 1. The fraction of sp³-hybridized carbons (Fsp3) is 0.471. The highest BCUT2D eigenvalue weighted by molar-refractivity contribution is 5.76. The highest BCUT2D eigenvalue weighted by atomic mass is 19.1. The summed E-state index contributed by atoms with van der Waals surface area (Å²) in [6, 6.07) is 6.71. The van der Waals surface area contributed by atoms with Crippen molar-refractivity contribution in [3.8, 4) is 0 Å². The van der Waals surface area contributed by atoms with Gasteiger partial charge in [0.15, 0.2) is 0 Å². The molecule has 1 aromatic carbocycles. The molecule has 0 radical (unpaired) electrons. The number of allylic oxidation sites excluding steroid dienone is 1. The molecule has 20 heavy (non-hydrogen) atoms. The lowest BCUT2D eigenvalue weighted by Crippen LogP contribution is -2.36. The monoisotopic (exact) mass is 273 g/mol. The van der Waals surface area contributed by atoms with Crippen LogP contribution >= 0.6 is 0 Å². The molecular weight excluding hydrogens is 253 g/mol. The highest BCUT2D eigenvalue weighted by Gasteiger charge is 2.24. The van der Waals surface area contributed by atoms with Crippen LogP contribution in [0.2, 0.25) is 0 Å². The zero-order chi connectivity index (χ0) is 13.9. The van der Waals surface area contributed by atoms with Gasteiger partial charge < -0.3 is 4.90 Å². The Hall–Kier alpha value is -1.64. The van der Waals surface area contributed by atoms with Crippen LogP contribution in [0.3, 0.4) is 0 Å². The van der Waals surface area contributed by atoms with Crippen LogP contribution < -0.4 is 0 Å². The van der Waals surface area contributed by atoms with Crippen LogP contribution in [-0.4, -0.2) is 23.9 Å². The van der Waals surface area contributed by atoms with Gasteiger partial charge in [0.2, 0.25) is 5.91 Å². The third kappa shape index (κ3) is 3.09. The minimum Gasteiger partial charge on any atom is -0.342 e. The highest BCUT2D eigenvalue weighted by Crippen LogP contribution is 2.36. The van der Waals surface area contributed by atoms with Crippen LogP contribution in [0.4, 0.5) is 4.39 Å². The fourth-order valence-electron chi connectivity index (χ4n) is 2.90. The number of rotatable bonds is 3. The van der Waals surface area contributed by atoms with E-state index in [9.17, 15) is 9.18 Å². The lowest BCUT2D eigenvalue weighted by molar-refractivity contribution is -0.131. The number of carbonyl (C=O) groups is 1. The molecule has 1 aliphatic carbocycles. The minimum atomic E-state index is -0.209. The van der Waals surface area contributed by atoms with Crippen LogP contribution in [0.5, 0.6) is 0 Å². The Morgan fingerprint density at radius 1 is 1.05 bits per heavy atom. The zero-order valence-corrected chi connectivity index (χ0v) is 11.7. The van der Waals surface area contributed by atoms with E-state index in [-0.39, 0.29) is 11.7 Å². The molecule has 1 amide bonds. The van der Waals surface area contributed by atoms with Crippen LogP contribution in [0.25, 0.3) is 0 Å². The number of likely N-dealkylation sites (tertiary alicyclic amines) is 1. The smallest absolute Gasteiger partial charge is 0.222 e. The summed E-state index contributed by atoms with van der Waals surface area (Å²) in [6.45, 7) is 1.68. The Labute approximate surface area is 119 Å². The first-order chi connectivity index (χ1) is 9.74. The molecule has 2 nitrogen and oxygen atoms in total. The normalized spacial score (nSPS) is 18.4. The Kier molecular flexibility index (Phi) is 3.86. The van der Waals surface area contributed by atoms with Crippen molar-refractivity contribution in [1.82, 2.24) is 4.90 Å². The number of amides is 1. The van der Waals surface area contributed by atoms with Gasteiger partial charge in [-0.25, -0.2) is 4.39 Å². The van der Waals surface area contributed by atoms with E-state index in [2.05, 4.69) is 0 Å². The molecule has 0 atom stereocenters. The van der Waals surface area contributed by atoms with Crippen LogP contribution in [0, 0.1) is 5.82 Å². The Morgan fingerprint density at radius 3 is 2.35 bits per heavy atom. The van der Waals surface area contributed by atoms with Crippen LogP contribution in [-0.2, 0) is 11.2 Å². The van der Waals surface area contributed by atoms with Gasteiger partial charge in [-0.2, -0.15) is 0 Å². The lowest BCUT2D eigenvalue weighted by Gasteiger charge is -2.28. The molecule has 3 heteroatoms. The summed E-state index contributed by atoms with van der Waals surface area (Å²) >= 11 is 0. The molecule has 1 saturated heterocycles. The van der Waals surface area contributed by atoms with E-state index in [1.54, 1.807) is 23.3 Å². The van der Waals surface area contributed by atoms with E-state index in [0.29, 0.717) is 18.4 Å². The van der Waals surface area contributed by atoms with Crippen molar-refractivity contribution in [2.24, 2.45) is 0 Å². The van der Waals surface area contributed by atoms with Gasteiger partial charge in [0.25, 0.3) is 0 Å². The molecule has 1 saturated carbocycles. The maximum absolute atomic E-state index is 13.5. The zero-order valence-electron chi connectivity index (χ0n) is 11.7. The Morgan fingerprint density at radius 2 is 1.70 bits per heavy atom. The van der Waals surface area contributed by atoms with Crippen molar-refractivity contribution >= 4 is 5.91 Å². The van der Waals surface area contributed by atoms with Gasteiger partial charge in [-0.15, -0.1) is 0 Å². The van der Waals surface area contributed by atoms with Gasteiger partial charge >= 0.3 is 0 Å². The molecule has 106 valence electrons. The summed E-state index contributed by atoms with van der Waals surface area (Å²) < 4.78 is 13.5. The largest absolute Gasteiger partial charge is 0.342 e. The number of hydrogen-bond acceptors (Lipinski definition) is 1. The van der Waals surface area contributed by atoms with E-state index >= 15 is 0 Å². The average molecular weight is 273 g/mol. The van der Waals surface area contributed by atoms with Gasteiger partial charge in [0.05, 0.1) is 0 Å². The molecule has 1 aromatic rings. The van der Waals surface area contributed by atoms with Crippen LogP contribution in [0.1, 0.15) is 37.7 Å². The molecular formula is C17H20FNO.